The molecule has 2 aliphatic rings. The second-order valence-corrected chi connectivity index (χ2v) is 5.30. The lowest BCUT2D eigenvalue weighted by Crippen LogP contribution is -2.52. The molecule has 2 aliphatic heterocycles. The molecule has 2 saturated heterocycles. The third-order valence-corrected chi connectivity index (χ3v) is 4.11. The molecule has 0 aliphatic carbocycles. The van der Waals surface area contributed by atoms with Gasteiger partial charge in [-0.1, -0.05) is 5.16 Å². The van der Waals surface area contributed by atoms with Gasteiger partial charge in [0.25, 0.3) is 0 Å². The molecule has 2 atom stereocenters. The number of nitrogens with one attached hydrogen (secondary N) is 2. The lowest BCUT2D eigenvalue weighted by Gasteiger charge is -2.36. The van der Waals surface area contributed by atoms with E-state index in [9.17, 15) is 4.79 Å². The molecule has 2 unspecified atom stereocenters. The summed E-state index contributed by atoms with van der Waals surface area (Å²) in [6.07, 6.45) is 4.17. The summed E-state index contributed by atoms with van der Waals surface area (Å²) in [6.45, 7) is 2.05. The van der Waals surface area contributed by atoms with Gasteiger partial charge < -0.3 is 10.2 Å². The van der Waals surface area contributed by atoms with Gasteiger partial charge in [0.2, 0.25) is 0 Å². The smallest absolute Gasteiger partial charge is 0.348 e. The zero-order valence-electron chi connectivity index (χ0n) is 10.9. The number of aromatic nitrogens is 3. The summed E-state index contributed by atoms with van der Waals surface area (Å²) in [5, 5.41) is 7.12. The standard InChI is InChI=1S/C13H15N5O2/c19-13-16-12(17-20-13)8-1-4-11(15-5-8)18-9-2-3-10(18)7-14-6-9/h1,4-5,9-10,14H,2-3,6-7H2,(H,16,17,19). The van der Waals surface area contributed by atoms with E-state index in [0.29, 0.717) is 17.9 Å². The maximum Gasteiger partial charge on any atom is 0.439 e. The van der Waals surface area contributed by atoms with Crippen molar-refractivity contribution in [3.05, 3.63) is 28.9 Å². The number of pyridine rings is 1. The zero-order chi connectivity index (χ0) is 13.5. The van der Waals surface area contributed by atoms with E-state index in [1.54, 1.807) is 6.20 Å². The van der Waals surface area contributed by atoms with Crippen molar-refractivity contribution >= 4 is 5.82 Å². The minimum absolute atomic E-state index is 0.414. The Morgan fingerprint density at radius 3 is 2.65 bits per heavy atom. The molecule has 2 aromatic heterocycles. The Hall–Kier alpha value is -2.15. The van der Waals surface area contributed by atoms with Gasteiger partial charge in [-0.15, -0.1) is 0 Å². The second kappa shape index (κ2) is 4.45. The number of piperazine rings is 1. The molecule has 4 rings (SSSR count). The van der Waals surface area contributed by atoms with Crippen LogP contribution in [0.25, 0.3) is 11.4 Å². The summed E-state index contributed by atoms with van der Waals surface area (Å²) < 4.78 is 4.50. The van der Waals surface area contributed by atoms with Crippen LogP contribution in [0.4, 0.5) is 5.82 Å². The third-order valence-electron chi connectivity index (χ3n) is 4.11. The molecule has 2 aromatic rings. The fraction of sp³-hybridized carbons (Fsp3) is 0.462. The number of hydrogen-bond donors (Lipinski definition) is 2. The fourth-order valence-electron chi connectivity index (χ4n) is 3.19. The minimum atomic E-state index is -0.552. The van der Waals surface area contributed by atoms with E-state index >= 15 is 0 Å². The first kappa shape index (κ1) is 11.7. The van der Waals surface area contributed by atoms with E-state index in [4.69, 9.17) is 0 Å². The quantitative estimate of drug-likeness (QED) is 0.822. The van der Waals surface area contributed by atoms with E-state index < -0.39 is 5.76 Å². The van der Waals surface area contributed by atoms with E-state index in [1.807, 2.05) is 12.1 Å². The van der Waals surface area contributed by atoms with Gasteiger partial charge in [0.15, 0.2) is 5.82 Å². The van der Waals surface area contributed by atoms with Crippen LogP contribution < -0.4 is 16.0 Å². The molecule has 20 heavy (non-hydrogen) atoms. The van der Waals surface area contributed by atoms with Gasteiger partial charge in [-0.3, -0.25) is 9.51 Å². The maximum absolute atomic E-state index is 11.0. The Kier molecular flexibility index (Phi) is 2.59. The van der Waals surface area contributed by atoms with Gasteiger partial charge in [0.05, 0.1) is 0 Å². The summed E-state index contributed by atoms with van der Waals surface area (Å²) in [5.74, 6) is 0.857. The third kappa shape index (κ3) is 1.82. The second-order valence-electron chi connectivity index (χ2n) is 5.30. The van der Waals surface area contributed by atoms with E-state index in [2.05, 4.69) is 29.9 Å². The maximum atomic E-state index is 11.0. The van der Waals surface area contributed by atoms with E-state index in [1.165, 1.54) is 12.8 Å². The first-order valence-electron chi connectivity index (χ1n) is 6.83. The van der Waals surface area contributed by atoms with E-state index in [0.717, 1.165) is 24.5 Å². The molecule has 0 radical (unpaired) electrons. The van der Waals surface area contributed by atoms with Crippen LogP contribution in [0, 0.1) is 0 Å². The molecular weight excluding hydrogens is 258 g/mol. The van der Waals surface area contributed by atoms with Crippen LogP contribution in [0.15, 0.2) is 27.6 Å². The molecule has 0 aromatic carbocycles. The van der Waals surface area contributed by atoms with Crippen LogP contribution in [0.5, 0.6) is 0 Å². The highest BCUT2D eigenvalue weighted by Gasteiger charge is 2.37. The van der Waals surface area contributed by atoms with Gasteiger partial charge in [0.1, 0.15) is 5.82 Å². The van der Waals surface area contributed by atoms with Crippen molar-refractivity contribution in [1.82, 2.24) is 20.4 Å². The van der Waals surface area contributed by atoms with Gasteiger partial charge >= 0.3 is 5.76 Å². The summed E-state index contributed by atoms with van der Waals surface area (Å²) in [7, 11) is 0. The van der Waals surface area contributed by atoms with Crippen molar-refractivity contribution in [2.45, 2.75) is 24.9 Å². The van der Waals surface area contributed by atoms with Gasteiger partial charge in [-0.2, -0.15) is 0 Å². The monoisotopic (exact) mass is 273 g/mol. The molecule has 0 saturated carbocycles. The molecule has 0 amide bonds. The predicted octanol–water partition coefficient (Wildman–Crippen LogP) is 0.365. The summed E-state index contributed by atoms with van der Waals surface area (Å²) >= 11 is 0. The Bertz CT molecular complexity index is 646. The molecule has 104 valence electrons. The van der Waals surface area contributed by atoms with Crippen molar-refractivity contribution in [3.8, 4) is 11.4 Å². The zero-order valence-corrected chi connectivity index (χ0v) is 10.9. The minimum Gasteiger partial charge on any atom is -0.348 e. The van der Waals surface area contributed by atoms with Crippen LogP contribution in [0.3, 0.4) is 0 Å². The Morgan fingerprint density at radius 1 is 1.25 bits per heavy atom. The topological polar surface area (TPSA) is 87.0 Å². The van der Waals surface area contributed by atoms with Gasteiger partial charge in [0, 0.05) is 36.9 Å². The average molecular weight is 273 g/mol. The van der Waals surface area contributed by atoms with Crippen LogP contribution in [-0.4, -0.2) is 40.3 Å². The number of hydrogen-bond acceptors (Lipinski definition) is 6. The van der Waals surface area contributed by atoms with E-state index in [-0.39, 0.29) is 0 Å². The SMILES string of the molecule is O=c1[nH]c(-c2ccc(N3C4CCC3CNC4)nc2)no1. The first-order valence-corrected chi connectivity index (χ1v) is 6.83. The molecule has 7 heteroatoms. The number of fused-ring (bicyclic) bond motifs is 2. The molecular formula is C13H15N5O2. The molecule has 4 heterocycles. The Labute approximate surface area is 115 Å². The average Bonchev–Trinajstić information content (AvgIpc) is 3.01. The van der Waals surface area contributed by atoms with Crippen molar-refractivity contribution in [2.75, 3.05) is 18.0 Å². The van der Waals surface area contributed by atoms with Crippen molar-refractivity contribution in [1.29, 1.82) is 0 Å². The lowest BCUT2D eigenvalue weighted by atomic mass is 10.2. The first-order chi connectivity index (χ1) is 9.81. The highest BCUT2D eigenvalue weighted by molar-refractivity contribution is 5.56. The largest absolute Gasteiger partial charge is 0.439 e. The highest BCUT2D eigenvalue weighted by Crippen LogP contribution is 2.31. The summed E-state index contributed by atoms with van der Waals surface area (Å²) in [6, 6.07) is 4.98. The number of H-pyrrole nitrogens is 1. The van der Waals surface area contributed by atoms with Crippen molar-refractivity contribution in [3.63, 3.8) is 0 Å². The molecule has 0 spiro atoms. The van der Waals surface area contributed by atoms with Gasteiger partial charge in [-0.05, 0) is 25.0 Å². The summed E-state index contributed by atoms with van der Waals surface area (Å²) in [5.41, 5.74) is 0.752. The molecule has 7 nitrogen and oxygen atoms in total. The summed E-state index contributed by atoms with van der Waals surface area (Å²) in [4.78, 5) is 20.4. The molecule has 2 N–H and O–H groups in total. The van der Waals surface area contributed by atoms with Gasteiger partial charge in [-0.25, -0.2) is 9.78 Å². The number of rotatable bonds is 2. The Balaban J connectivity index is 1.63. The fourth-order valence-corrected chi connectivity index (χ4v) is 3.19. The molecule has 2 bridgehead atoms. The van der Waals surface area contributed by atoms with Crippen LogP contribution in [0.1, 0.15) is 12.8 Å². The normalized spacial score (nSPS) is 25.1. The molecule has 2 fully saturated rings. The van der Waals surface area contributed by atoms with Crippen LogP contribution in [0.2, 0.25) is 0 Å². The highest BCUT2D eigenvalue weighted by atomic mass is 16.5. The van der Waals surface area contributed by atoms with Crippen molar-refractivity contribution < 1.29 is 4.52 Å². The predicted molar refractivity (Wildman–Crippen MR) is 72.5 cm³/mol. The number of aromatic amines is 1. The van der Waals surface area contributed by atoms with Crippen molar-refractivity contribution in [2.24, 2.45) is 0 Å². The lowest BCUT2D eigenvalue weighted by molar-refractivity contribution is 0.388. The number of nitrogens with zero attached hydrogens (tertiary/aromatic N) is 3. The Morgan fingerprint density at radius 2 is 2.05 bits per heavy atom. The van der Waals surface area contributed by atoms with Crippen LogP contribution in [-0.2, 0) is 0 Å². The number of anilines is 1. The van der Waals surface area contributed by atoms with Crippen LogP contribution >= 0.6 is 0 Å².